The molecule has 2 aromatic carbocycles. The molecular weight excluding hydrogens is 716 g/mol. The molecule has 13 N–H and O–H groups in total. The molecule has 3 aliphatic rings. The van der Waals surface area contributed by atoms with Crippen LogP contribution < -0.4 is 10.2 Å². The summed E-state index contributed by atoms with van der Waals surface area (Å²) < 4.78 is 33.8. The zero-order valence-electron chi connectivity index (χ0n) is 27.6. The van der Waals surface area contributed by atoms with E-state index in [9.17, 15) is 71.2 Å². The number of aromatic hydroxyl groups is 3. The van der Waals surface area contributed by atoms with Gasteiger partial charge in [-0.05, 0) is 25.1 Å². The Hall–Kier alpha value is -3.71. The third-order valence-corrected chi connectivity index (χ3v) is 9.60. The second kappa shape index (κ2) is 15.2. The molecule has 53 heavy (non-hydrogen) atoms. The molecule has 6 unspecified atom stereocenters. The lowest BCUT2D eigenvalue weighted by molar-refractivity contribution is -0.354. The molecule has 4 heterocycles. The highest BCUT2D eigenvalue weighted by molar-refractivity contribution is 5.88. The van der Waals surface area contributed by atoms with Gasteiger partial charge in [0.1, 0.15) is 95.4 Å². The van der Waals surface area contributed by atoms with E-state index >= 15 is 0 Å². The molecule has 0 radical (unpaired) electrons. The smallest absolute Gasteiger partial charge is 0.229 e. The SMILES string of the molecule is CC1O[C@@H](OC2[C@H](Oc3cc(-c4cc(=O)c5c(O)c([C@@H]6OC(CO)[C@@H](O)[C@H](O)C6O)c(O)cc5o4)ccc3O)OC(CO)[C@@H](O)[C@@H]2O)C(O)[C@@H](O)[C@H]1O. The van der Waals surface area contributed by atoms with Gasteiger partial charge in [0.15, 0.2) is 29.3 Å². The van der Waals surface area contributed by atoms with Crippen LogP contribution in [0.3, 0.4) is 0 Å². The summed E-state index contributed by atoms with van der Waals surface area (Å²) in [5.41, 5.74) is -1.72. The van der Waals surface area contributed by atoms with Gasteiger partial charge >= 0.3 is 0 Å². The second-order valence-electron chi connectivity index (χ2n) is 13.0. The van der Waals surface area contributed by atoms with E-state index < -0.39 is 139 Å². The molecule has 292 valence electrons. The van der Waals surface area contributed by atoms with Crippen LogP contribution in [-0.4, -0.2) is 165 Å². The number of phenolic OH excluding ortho intramolecular Hbond substituents is 3. The summed E-state index contributed by atoms with van der Waals surface area (Å²) in [5, 5.41) is 135. The molecule has 3 saturated heterocycles. The first-order valence-electron chi connectivity index (χ1n) is 16.4. The molecule has 20 nitrogen and oxygen atoms in total. The molecule has 1 aromatic heterocycles. The van der Waals surface area contributed by atoms with Crippen LogP contribution in [0.4, 0.5) is 0 Å². The molecule has 3 aliphatic heterocycles. The van der Waals surface area contributed by atoms with Gasteiger partial charge in [0.05, 0.1) is 24.9 Å². The lowest BCUT2D eigenvalue weighted by atomic mass is 9.89. The van der Waals surface area contributed by atoms with Crippen molar-refractivity contribution in [1.82, 2.24) is 0 Å². The maximum absolute atomic E-state index is 13.4. The van der Waals surface area contributed by atoms with E-state index in [-0.39, 0.29) is 22.7 Å². The van der Waals surface area contributed by atoms with Gasteiger partial charge in [-0.1, -0.05) is 0 Å². The van der Waals surface area contributed by atoms with Gasteiger partial charge in [0.2, 0.25) is 6.29 Å². The summed E-state index contributed by atoms with van der Waals surface area (Å²) in [4.78, 5) is 13.4. The van der Waals surface area contributed by atoms with Gasteiger partial charge < -0.3 is 94.5 Å². The molecule has 0 aliphatic carbocycles. The summed E-state index contributed by atoms with van der Waals surface area (Å²) >= 11 is 0. The molecule has 6 rings (SSSR count). The minimum Gasteiger partial charge on any atom is -0.507 e. The monoisotopic (exact) mass is 756 g/mol. The van der Waals surface area contributed by atoms with Crippen molar-refractivity contribution in [3.63, 3.8) is 0 Å². The Balaban J connectivity index is 1.32. The van der Waals surface area contributed by atoms with Crippen LogP contribution in [0.15, 0.2) is 39.5 Å². The van der Waals surface area contributed by atoms with Crippen LogP contribution in [-0.2, 0) is 18.9 Å². The van der Waals surface area contributed by atoms with Crippen LogP contribution in [0.2, 0.25) is 0 Å². The zero-order chi connectivity index (χ0) is 38.6. The van der Waals surface area contributed by atoms with Crippen molar-refractivity contribution in [2.75, 3.05) is 13.2 Å². The number of benzene rings is 2. The third-order valence-electron chi connectivity index (χ3n) is 9.60. The van der Waals surface area contributed by atoms with Crippen LogP contribution >= 0.6 is 0 Å². The third kappa shape index (κ3) is 7.03. The minimum absolute atomic E-state index is 0.0540. The standard InChI is InChI=1S/C33H40O20/c1-9-21(39)25(43)29(47)32(48-9)53-31-27(45)23(41)18(8-35)52-33(31)51-15-4-10(2-3-11(15)36)14-5-12(37)19-16(49-14)6-13(38)20(24(19)42)30-28(46)26(44)22(40)17(7-34)50-30/h2-6,9,17-18,21-23,25-36,38-47H,7-8H2,1H3/t9?,17?,18?,21-,22+,23+,25-,26-,27-,28?,29?,30-,31?,32-,33+/m0/s1. The van der Waals surface area contributed by atoms with Crippen LogP contribution in [0.1, 0.15) is 18.6 Å². The molecule has 20 heteroatoms. The van der Waals surface area contributed by atoms with Gasteiger partial charge in [0, 0.05) is 17.7 Å². The van der Waals surface area contributed by atoms with Crippen molar-refractivity contribution in [1.29, 1.82) is 0 Å². The quantitative estimate of drug-likeness (QED) is 0.105. The number of phenols is 3. The minimum atomic E-state index is -1.90. The normalized spacial score (nSPS) is 37.8. The van der Waals surface area contributed by atoms with Crippen molar-refractivity contribution in [3.05, 3.63) is 46.1 Å². The predicted molar refractivity (Wildman–Crippen MR) is 171 cm³/mol. The Morgan fingerprint density at radius 1 is 0.679 bits per heavy atom. The van der Waals surface area contributed by atoms with E-state index in [1.165, 1.54) is 13.0 Å². The van der Waals surface area contributed by atoms with E-state index in [4.69, 9.17) is 28.1 Å². The van der Waals surface area contributed by atoms with Crippen LogP contribution in [0, 0.1) is 0 Å². The number of aliphatic hydroxyl groups is 10. The maximum atomic E-state index is 13.4. The van der Waals surface area contributed by atoms with Crippen molar-refractivity contribution in [3.8, 4) is 34.3 Å². The Bertz CT molecular complexity index is 1830. The number of hydrogen-bond donors (Lipinski definition) is 13. The van der Waals surface area contributed by atoms with E-state index in [2.05, 4.69) is 0 Å². The predicted octanol–water partition coefficient (Wildman–Crippen LogP) is -3.88. The molecule has 15 atom stereocenters. The fourth-order valence-electron chi connectivity index (χ4n) is 6.53. The molecule has 0 bridgehead atoms. The van der Waals surface area contributed by atoms with Crippen molar-refractivity contribution < 1.29 is 94.5 Å². The molecule has 0 amide bonds. The van der Waals surface area contributed by atoms with E-state index in [0.29, 0.717) is 0 Å². The average molecular weight is 757 g/mol. The fraction of sp³-hybridized carbons (Fsp3) is 0.545. The van der Waals surface area contributed by atoms with Gasteiger partial charge in [-0.3, -0.25) is 4.79 Å². The summed E-state index contributed by atoms with van der Waals surface area (Å²) in [7, 11) is 0. The topological polar surface area (TPSA) is 339 Å². The number of ether oxygens (including phenoxy) is 5. The number of fused-ring (bicyclic) bond motifs is 1. The first kappa shape index (κ1) is 39.0. The van der Waals surface area contributed by atoms with E-state index in [1.54, 1.807) is 0 Å². The zero-order valence-corrected chi connectivity index (χ0v) is 27.6. The summed E-state index contributed by atoms with van der Waals surface area (Å²) in [6.45, 7) is -0.218. The highest BCUT2D eigenvalue weighted by Crippen LogP contribution is 2.45. The summed E-state index contributed by atoms with van der Waals surface area (Å²) in [5.74, 6) is -2.75. The fourth-order valence-corrected chi connectivity index (χ4v) is 6.53. The molecule has 3 aromatic rings. The highest BCUT2D eigenvalue weighted by atomic mass is 16.8. The van der Waals surface area contributed by atoms with Crippen molar-refractivity contribution >= 4 is 11.0 Å². The largest absolute Gasteiger partial charge is 0.507 e. The van der Waals surface area contributed by atoms with E-state index in [1.807, 2.05) is 0 Å². The molecule has 3 fully saturated rings. The van der Waals surface area contributed by atoms with Gasteiger partial charge in [-0.2, -0.15) is 0 Å². The Kier molecular flexibility index (Phi) is 11.2. The first-order valence-corrected chi connectivity index (χ1v) is 16.4. The highest BCUT2D eigenvalue weighted by Gasteiger charge is 2.51. The van der Waals surface area contributed by atoms with Crippen molar-refractivity contribution in [2.24, 2.45) is 0 Å². The number of hydrogen-bond acceptors (Lipinski definition) is 20. The Morgan fingerprint density at radius 3 is 2.00 bits per heavy atom. The Morgan fingerprint density at radius 2 is 1.32 bits per heavy atom. The van der Waals surface area contributed by atoms with Gasteiger partial charge in [-0.25, -0.2) is 0 Å². The number of rotatable bonds is 8. The van der Waals surface area contributed by atoms with Crippen LogP contribution in [0.5, 0.6) is 23.0 Å². The summed E-state index contributed by atoms with van der Waals surface area (Å²) in [6.07, 6.45) is -24.9. The average Bonchev–Trinajstić information content (AvgIpc) is 3.12. The Labute approximate surface area is 298 Å². The summed E-state index contributed by atoms with van der Waals surface area (Å²) in [6, 6.07) is 5.42. The first-order chi connectivity index (χ1) is 25.1. The van der Waals surface area contributed by atoms with Crippen LogP contribution in [0.25, 0.3) is 22.3 Å². The second-order valence-corrected chi connectivity index (χ2v) is 13.0. The lowest BCUT2D eigenvalue weighted by Crippen LogP contribution is -2.64. The lowest BCUT2D eigenvalue weighted by Gasteiger charge is -2.45. The van der Waals surface area contributed by atoms with Gasteiger partial charge in [-0.15, -0.1) is 0 Å². The molecule has 0 spiro atoms. The molecule has 0 saturated carbocycles. The van der Waals surface area contributed by atoms with Crippen molar-refractivity contribution in [2.45, 2.75) is 98.9 Å². The van der Waals surface area contributed by atoms with E-state index in [0.717, 1.165) is 24.3 Å². The van der Waals surface area contributed by atoms with Gasteiger partial charge in [0.25, 0.3) is 0 Å². The maximum Gasteiger partial charge on any atom is 0.229 e. The molecular formula is C33H40O20. The number of aliphatic hydroxyl groups excluding tert-OH is 10.